The summed E-state index contributed by atoms with van der Waals surface area (Å²) in [5.41, 5.74) is -0.245. The molecule has 0 spiro atoms. The van der Waals surface area contributed by atoms with E-state index in [0.717, 1.165) is 11.5 Å². The fraction of sp³-hybridized carbons (Fsp3) is 1.00. The van der Waals surface area contributed by atoms with Crippen LogP contribution in [-0.2, 0) is 10.0 Å². The smallest absolute Gasteiger partial charge is 0.330 e. The van der Waals surface area contributed by atoms with Crippen molar-refractivity contribution in [3.05, 3.63) is 0 Å². The zero-order valence-corrected chi connectivity index (χ0v) is 10.7. The second kappa shape index (κ2) is 5.33. The molecule has 4 nitrogen and oxygen atoms in total. The van der Waals surface area contributed by atoms with Crippen molar-refractivity contribution in [1.29, 1.82) is 0 Å². The van der Waals surface area contributed by atoms with Gasteiger partial charge in [-0.3, -0.25) is 0 Å². The average molecular weight is 292 g/mol. The molecule has 9 heteroatoms. The molecule has 0 unspecified atom stereocenters. The molecule has 0 aromatic heterocycles. The molecule has 0 radical (unpaired) electrons. The lowest BCUT2D eigenvalue weighted by Gasteiger charge is -2.35. The van der Waals surface area contributed by atoms with Crippen LogP contribution in [0.4, 0.5) is 13.2 Å². The maximum absolute atomic E-state index is 12.1. The second-order valence-corrected chi connectivity index (χ2v) is 7.07. The molecule has 1 fully saturated rings. The first-order valence-electron chi connectivity index (χ1n) is 5.06. The molecule has 0 aromatic rings. The Hall–Kier alpha value is 0.01000. The summed E-state index contributed by atoms with van der Waals surface area (Å²) in [6.07, 6.45) is 1.27. The first kappa shape index (κ1) is 15.1. The standard InChI is InChI=1S/C8H15F3N2O2S2/c9-8(10,11)17(14,15)13-6-7(5-12)1-3-16-4-2-7/h13H,1-6,12H2. The fourth-order valence-corrected chi connectivity index (χ4v) is 3.61. The SMILES string of the molecule is NCC1(CNS(=O)(=O)C(F)(F)F)CCSCC1. The summed E-state index contributed by atoms with van der Waals surface area (Å²) in [6.45, 7) is -0.0557. The van der Waals surface area contributed by atoms with E-state index in [2.05, 4.69) is 0 Å². The van der Waals surface area contributed by atoms with E-state index in [9.17, 15) is 21.6 Å². The van der Waals surface area contributed by atoms with Gasteiger partial charge >= 0.3 is 15.5 Å². The van der Waals surface area contributed by atoms with Gasteiger partial charge in [0.1, 0.15) is 0 Å². The summed E-state index contributed by atoms with van der Waals surface area (Å²) in [5, 5.41) is 0. The van der Waals surface area contributed by atoms with Crippen LogP contribution in [0.1, 0.15) is 12.8 Å². The van der Waals surface area contributed by atoms with Gasteiger partial charge in [-0.1, -0.05) is 0 Å². The molecular weight excluding hydrogens is 277 g/mol. The quantitative estimate of drug-likeness (QED) is 0.807. The zero-order chi connectivity index (χ0) is 13.2. The molecule has 1 heterocycles. The molecular formula is C8H15F3N2O2S2. The Labute approximate surface area is 103 Å². The van der Waals surface area contributed by atoms with Crippen LogP contribution in [0.25, 0.3) is 0 Å². The minimum atomic E-state index is -5.26. The van der Waals surface area contributed by atoms with Gasteiger partial charge in [0.25, 0.3) is 0 Å². The van der Waals surface area contributed by atoms with Crippen LogP contribution in [0.15, 0.2) is 0 Å². The van der Waals surface area contributed by atoms with E-state index in [1.54, 1.807) is 16.5 Å². The van der Waals surface area contributed by atoms with E-state index in [4.69, 9.17) is 5.73 Å². The summed E-state index contributed by atoms with van der Waals surface area (Å²) in [4.78, 5) is 0. The van der Waals surface area contributed by atoms with Gasteiger partial charge in [0.2, 0.25) is 0 Å². The predicted octanol–water partition coefficient (Wildman–Crippen LogP) is 0.898. The van der Waals surface area contributed by atoms with E-state index in [-0.39, 0.29) is 13.1 Å². The van der Waals surface area contributed by atoms with Gasteiger partial charge in [-0.25, -0.2) is 13.1 Å². The van der Waals surface area contributed by atoms with Crippen molar-refractivity contribution in [2.24, 2.45) is 11.1 Å². The van der Waals surface area contributed by atoms with Crippen molar-refractivity contribution < 1.29 is 21.6 Å². The number of hydrogen-bond acceptors (Lipinski definition) is 4. The molecule has 0 aliphatic carbocycles. The molecule has 0 amide bonds. The normalized spacial score (nSPS) is 21.4. The van der Waals surface area contributed by atoms with Gasteiger partial charge in [-0.2, -0.15) is 24.9 Å². The Balaban J connectivity index is 2.65. The Kier molecular flexibility index (Phi) is 4.73. The average Bonchev–Trinajstić information content (AvgIpc) is 2.26. The minimum absolute atomic E-state index is 0.188. The lowest BCUT2D eigenvalue weighted by atomic mass is 9.82. The number of rotatable bonds is 4. The van der Waals surface area contributed by atoms with Crippen LogP contribution in [0.5, 0.6) is 0 Å². The summed E-state index contributed by atoms with van der Waals surface area (Å²) in [5.74, 6) is 1.59. The molecule has 1 rings (SSSR count). The summed E-state index contributed by atoms with van der Waals surface area (Å²) in [7, 11) is -5.26. The number of thioether (sulfide) groups is 1. The van der Waals surface area contributed by atoms with E-state index in [1.165, 1.54) is 0 Å². The summed E-state index contributed by atoms with van der Waals surface area (Å²) < 4.78 is 59.8. The van der Waals surface area contributed by atoms with Crippen molar-refractivity contribution in [2.45, 2.75) is 18.3 Å². The topological polar surface area (TPSA) is 72.2 Å². The first-order valence-corrected chi connectivity index (χ1v) is 7.70. The van der Waals surface area contributed by atoms with E-state index >= 15 is 0 Å². The summed E-state index contributed by atoms with van der Waals surface area (Å²) in [6, 6.07) is 0. The van der Waals surface area contributed by atoms with Gasteiger partial charge in [0, 0.05) is 6.54 Å². The van der Waals surface area contributed by atoms with Gasteiger partial charge in [-0.05, 0) is 36.3 Å². The Morgan fingerprint density at radius 3 is 2.24 bits per heavy atom. The Bertz CT molecular complexity index is 350. The van der Waals surface area contributed by atoms with Crippen molar-refractivity contribution >= 4 is 21.8 Å². The molecule has 0 atom stereocenters. The van der Waals surface area contributed by atoms with Crippen LogP contribution in [-0.4, -0.2) is 38.5 Å². The van der Waals surface area contributed by atoms with Gasteiger partial charge < -0.3 is 5.73 Å². The maximum atomic E-state index is 12.1. The van der Waals surface area contributed by atoms with Crippen LogP contribution >= 0.6 is 11.8 Å². The monoisotopic (exact) mass is 292 g/mol. The predicted molar refractivity (Wildman–Crippen MR) is 61.0 cm³/mol. The number of nitrogens with two attached hydrogens (primary N) is 1. The lowest BCUT2D eigenvalue weighted by molar-refractivity contribution is -0.0450. The van der Waals surface area contributed by atoms with Crippen LogP contribution < -0.4 is 10.5 Å². The molecule has 1 aliphatic heterocycles. The number of nitrogens with one attached hydrogen (secondary N) is 1. The fourth-order valence-electron chi connectivity index (χ4n) is 1.59. The number of alkyl halides is 3. The highest BCUT2D eigenvalue weighted by Crippen LogP contribution is 2.34. The van der Waals surface area contributed by atoms with Crippen LogP contribution in [0, 0.1) is 5.41 Å². The first-order chi connectivity index (χ1) is 7.72. The molecule has 1 aliphatic rings. The highest BCUT2D eigenvalue weighted by molar-refractivity contribution is 7.99. The van der Waals surface area contributed by atoms with Gasteiger partial charge in [-0.15, -0.1) is 0 Å². The second-order valence-electron chi connectivity index (χ2n) is 4.09. The van der Waals surface area contributed by atoms with E-state index in [0.29, 0.717) is 12.8 Å². The van der Waals surface area contributed by atoms with E-state index in [1.807, 2.05) is 0 Å². The molecule has 0 saturated carbocycles. The molecule has 17 heavy (non-hydrogen) atoms. The maximum Gasteiger partial charge on any atom is 0.511 e. The third-order valence-corrected chi connectivity index (χ3v) is 5.05. The molecule has 0 bridgehead atoms. The number of halogens is 3. The zero-order valence-electron chi connectivity index (χ0n) is 9.09. The third kappa shape index (κ3) is 3.73. The van der Waals surface area contributed by atoms with Crippen LogP contribution in [0.3, 0.4) is 0 Å². The highest BCUT2D eigenvalue weighted by atomic mass is 32.2. The number of hydrogen-bond donors (Lipinski definition) is 2. The van der Waals surface area contributed by atoms with Gasteiger partial charge in [0.15, 0.2) is 0 Å². The van der Waals surface area contributed by atoms with Crippen molar-refractivity contribution in [1.82, 2.24) is 4.72 Å². The molecule has 3 N–H and O–H groups in total. The number of sulfonamides is 1. The molecule has 1 saturated heterocycles. The largest absolute Gasteiger partial charge is 0.511 e. The minimum Gasteiger partial charge on any atom is -0.330 e. The Morgan fingerprint density at radius 1 is 1.29 bits per heavy atom. The van der Waals surface area contributed by atoms with Crippen molar-refractivity contribution in [2.75, 3.05) is 24.6 Å². The van der Waals surface area contributed by atoms with Crippen molar-refractivity contribution in [3.8, 4) is 0 Å². The molecule has 102 valence electrons. The Morgan fingerprint density at radius 2 is 1.82 bits per heavy atom. The van der Waals surface area contributed by atoms with Gasteiger partial charge in [0.05, 0.1) is 0 Å². The lowest BCUT2D eigenvalue weighted by Crippen LogP contribution is -2.47. The third-order valence-electron chi connectivity index (χ3n) is 2.93. The van der Waals surface area contributed by atoms with Crippen LogP contribution in [0.2, 0.25) is 0 Å². The summed E-state index contributed by atoms with van der Waals surface area (Å²) >= 11 is 1.70. The highest BCUT2D eigenvalue weighted by Gasteiger charge is 2.46. The van der Waals surface area contributed by atoms with E-state index < -0.39 is 20.9 Å². The van der Waals surface area contributed by atoms with Crippen molar-refractivity contribution in [3.63, 3.8) is 0 Å². The molecule has 0 aromatic carbocycles.